The summed E-state index contributed by atoms with van der Waals surface area (Å²) in [5.41, 5.74) is 3.20. The van der Waals surface area contributed by atoms with Crippen LogP contribution in [-0.2, 0) is 7.05 Å². The minimum atomic E-state index is -2.97. The van der Waals surface area contributed by atoms with E-state index in [0.717, 1.165) is 22.8 Å². The number of nitrogens with one attached hydrogen (secondary N) is 1. The van der Waals surface area contributed by atoms with Crippen LogP contribution in [0.15, 0.2) is 71.7 Å². The van der Waals surface area contributed by atoms with Crippen LogP contribution in [0.5, 0.6) is 23.0 Å². The fraction of sp³-hybridized carbons (Fsp3) is 0.125. The van der Waals surface area contributed by atoms with Crippen molar-refractivity contribution in [2.24, 2.45) is 12.8 Å². The van der Waals surface area contributed by atoms with Crippen LogP contribution in [0.1, 0.15) is 25.0 Å². The molecular weight excluding hydrogens is 574 g/mol. The first-order valence-electron chi connectivity index (χ1n) is 14.4. The Hall–Kier alpha value is -5.78. The summed E-state index contributed by atoms with van der Waals surface area (Å²) in [5, 5.41) is 2.31. The Labute approximate surface area is 253 Å². The molecule has 2 heterocycles. The van der Waals surface area contributed by atoms with Gasteiger partial charge in [0.15, 0.2) is 23.1 Å². The summed E-state index contributed by atoms with van der Waals surface area (Å²) in [6, 6.07) is 12.7. The fourth-order valence-corrected chi connectivity index (χ4v) is 4.95. The lowest BCUT2D eigenvalue weighted by Crippen LogP contribution is -2.33. The third kappa shape index (κ3) is 5.17. The second-order valence-corrected chi connectivity index (χ2v) is 9.44. The zero-order valence-corrected chi connectivity index (χ0v) is 23.5. The predicted molar refractivity (Wildman–Crippen MR) is 159 cm³/mol. The maximum absolute atomic E-state index is 15.7. The van der Waals surface area contributed by atoms with Gasteiger partial charge in [-0.1, -0.05) is 12.1 Å². The van der Waals surface area contributed by atoms with E-state index in [-0.39, 0.29) is 28.3 Å². The van der Waals surface area contributed by atoms with E-state index in [4.69, 9.17) is 24.1 Å². The van der Waals surface area contributed by atoms with E-state index in [9.17, 15) is 18.8 Å². The molecule has 5 aromatic rings. The predicted octanol–water partition coefficient (Wildman–Crippen LogP) is 4.81. The molecule has 10 nitrogen and oxygen atoms in total. The van der Waals surface area contributed by atoms with Crippen LogP contribution in [0.3, 0.4) is 0 Å². The van der Waals surface area contributed by atoms with E-state index in [1.54, 1.807) is 12.1 Å². The molecule has 0 radical (unpaired) electrons. The molecule has 0 aliphatic heterocycles. The first-order chi connectivity index (χ1) is 22.2. The minimum absolute atomic E-state index is 0.00509. The van der Waals surface area contributed by atoms with Gasteiger partial charge in [-0.3, -0.25) is 19.4 Å². The number of methoxy groups -OCH3 is 2. The number of primary amides is 1. The highest BCUT2D eigenvalue weighted by molar-refractivity contribution is 6.05. The number of ether oxygens (including phenoxy) is 3. The van der Waals surface area contributed by atoms with Gasteiger partial charge in [0.05, 0.1) is 31.0 Å². The van der Waals surface area contributed by atoms with Crippen molar-refractivity contribution < 1.29 is 36.7 Å². The largest absolute Gasteiger partial charge is 0.493 e. The van der Waals surface area contributed by atoms with E-state index in [1.165, 1.54) is 57.8 Å². The summed E-state index contributed by atoms with van der Waals surface area (Å²) in [6.45, 7) is -2.97. The Bertz CT molecular complexity index is 2120. The molecule has 0 unspecified atom stereocenters. The topological polar surface area (TPSA) is 135 Å². The molecule has 0 aliphatic carbocycles. The molecule has 3 N–H and O–H groups in total. The molecule has 5 rings (SSSR count). The van der Waals surface area contributed by atoms with Crippen LogP contribution in [0.25, 0.3) is 33.3 Å². The minimum Gasteiger partial charge on any atom is -0.493 e. The number of aromatic nitrogens is 2. The van der Waals surface area contributed by atoms with E-state index < -0.39 is 52.7 Å². The summed E-state index contributed by atoms with van der Waals surface area (Å²) in [5.74, 6) is -3.21. The number of fused-ring (bicyclic) bond motifs is 1. The fourth-order valence-electron chi connectivity index (χ4n) is 4.95. The maximum atomic E-state index is 15.7. The van der Waals surface area contributed by atoms with Gasteiger partial charge in [0.25, 0.3) is 11.8 Å². The van der Waals surface area contributed by atoms with Crippen molar-refractivity contribution in [2.75, 3.05) is 21.2 Å². The average Bonchev–Trinajstić information content (AvgIpc) is 3.01. The molecule has 0 spiro atoms. The highest BCUT2D eigenvalue weighted by Gasteiger charge is 2.28. The molecule has 12 heteroatoms. The second-order valence-electron chi connectivity index (χ2n) is 9.44. The van der Waals surface area contributed by atoms with Gasteiger partial charge in [-0.2, -0.15) is 0 Å². The molecule has 44 heavy (non-hydrogen) atoms. The summed E-state index contributed by atoms with van der Waals surface area (Å²) >= 11 is 0. The molecule has 0 fully saturated rings. The summed E-state index contributed by atoms with van der Waals surface area (Å²) in [6.07, 6.45) is 1.46. The van der Waals surface area contributed by atoms with Gasteiger partial charge < -0.3 is 29.8 Å². The van der Waals surface area contributed by atoms with Gasteiger partial charge in [-0.05, 0) is 48.0 Å². The summed E-state index contributed by atoms with van der Waals surface area (Å²) < 4.78 is 69.6. The number of nitrogens with zero attached hydrogens (tertiary/aromatic N) is 2. The summed E-state index contributed by atoms with van der Waals surface area (Å²) in [4.78, 5) is 44.3. The number of halogens is 2. The maximum Gasteiger partial charge on any atom is 0.268 e. The van der Waals surface area contributed by atoms with Crippen LogP contribution in [-0.4, -0.2) is 42.6 Å². The van der Waals surface area contributed by atoms with Gasteiger partial charge in [0.1, 0.15) is 22.8 Å². The van der Waals surface area contributed by atoms with Crippen LogP contribution >= 0.6 is 0 Å². The van der Waals surface area contributed by atoms with Crippen molar-refractivity contribution in [3.05, 3.63) is 100.0 Å². The average molecular weight is 604 g/mol. The Balaban J connectivity index is 1.68. The van der Waals surface area contributed by atoms with Gasteiger partial charge in [-0.15, -0.1) is 0 Å². The van der Waals surface area contributed by atoms with E-state index in [0.29, 0.717) is 22.4 Å². The zero-order valence-electron chi connectivity index (χ0n) is 26.5. The SMILES string of the molecule is [2H]C([2H])([2H])NC(=O)c1c(-c2ccc(F)cc2)c(=O)c(C(N)=O)c(-c2ccc(Oc3ccnc4cc(OC)c(OC)cc34)c(F)c2)n1C. The van der Waals surface area contributed by atoms with Crippen LogP contribution in [0.2, 0.25) is 0 Å². The van der Waals surface area contributed by atoms with E-state index >= 15 is 4.39 Å². The van der Waals surface area contributed by atoms with Gasteiger partial charge >= 0.3 is 0 Å². The molecule has 0 atom stereocenters. The number of carbonyl (C=O) groups excluding carboxylic acids is 2. The molecule has 224 valence electrons. The van der Waals surface area contributed by atoms with Crippen molar-refractivity contribution in [3.63, 3.8) is 0 Å². The van der Waals surface area contributed by atoms with Crippen LogP contribution in [0.4, 0.5) is 8.78 Å². The monoisotopic (exact) mass is 603 g/mol. The highest BCUT2D eigenvalue weighted by atomic mass is 19.1. The number of hydrogen-bond acceptors (Lipinski definition) is 7. The zero-order chi connectivity index (χ0) is 34.2. The number of amides is 2. The van der Waals surface area contributed by atoms with Crippen LogP contribution < -0.4 is 30.7 Å². The molecule has 0 saturated heterocycles. The normalized spacial score (nSPS) is 12.2. The van der Waals surface area contributed by atoms with Crippen molar-refractivity contribution in [1.29, 1.82) is 0 Å². The number of pyridine rings is 2. The van der Waals surface area contributed by atoms with Gasteiger partial charge in [-0.25, -0.2) is 8.78 Å². The van der Waals surface area contributed by atoms with Gasteiger partial charge in [0, 0.05) is 41.3 Å². The van der Waals surface area contributed by atoms with Crippen LogP contribution in [0, 0.1) is 11.6 Å². The number of benzene rings is 3. The molecule has 0 aliphatic rings. The van der Waals surface area contributed by atoms with E-state index in [1.807, 2.05) is 5.32 Å². The third-order valence-corrected chi connectivity index (χ3v) is 6.94. The van der Waals surface area contributed by atoms with Crippen molar-refractivity contribution in [3.8, 4) is 45.4 Å². The molecule has 0 saturated carbocycles. The Kier molecular flexibility index (Phi) is 6.97. The smallest absolute Gasteiger partial charge is 0.268 e. The molecular formula is C32H26F2N4O6. The first-order valence-corrected chi connectivity index (χ1v) is 12.9. The molecule has 2 amide bonds. The lowest BCUT2D eigenvalue weighted by molar-refractivity contribution is 0.0951. The number of rotatable bonds is 8. The van der Waals surface area contributed by atoms with Crippen molar-refractivity contribution in [1.82, 2.24) is 14.9 Å². The molecule has 3 aromatic carbocycles. The lowest BCUT2D eigenvalue weighted by Gasteiger charge is -2.21. The molecule has 2 aromatic heterocycles. The van der Waals surface area contributed by atoms with Crippen molar-refractivity contribution in [2.45, 2.75) is 0 Å². The Morgan fingerprint density at radius 2 is 1.61 bits per heavy atom. The number of hydrogen-bond donors (Lipinski definition) is 2. The quantitative estimate of drug-likeness (QED) is 0.260. The molecule has 0 bridgehead atoms. The Morgan fingerprint density at radius 3 is 2.25 bits per heavy atom. The highest BCUT2D eigenvalue weighted by Crippen LogP contribution is 2.38. The van der Waals surface area contributed by atoms with E-state index in [2.05, 4.69) is 4.98 Å². The second kappa shape index (κ2) is 11.8. The number of nitrogens with two attached hydrogens (primary N) is 1. The lowest BCUT2D eigenvalue weighted by atomic mass is 9.95. The van der Waals surface area contributed by atoms with Gasteiger partial charge in [0.2, 0.25) is 5.43 Å². The van der Waals surface area contributed by atoms with Crippen molar-refractivity contribution >= 4 is 22.7 Å². The standard InChI is InChI=1S/C32H26F2N4O6/c1-36-32(41)29-26(16-5-8-18(33)9-6-16)30(39)27(31(35)40)28(38(29)2)17-7-10-23(20(34)13-17)44-22-11-12-37-21-15-25(43-4)24(42-3)14-19(21)22/h5-15H,1-4H3,(H2,35,40)(H,36,41)/i1D3. The Morgan fingerprint density at radius 1 is 0.932 bits per heavy atom. The third-order valence-electron chi connectivity index (χ3n) is 6.94. The number of carbonyl (C=O) groups is 2. The summed E-state index contributed by atoms with van der Waals surface area (Å²) in [7, 11) is 4.20. The first kappa shape index (κ1) is 25.9.